The molecule has 80 valence electrons. The second-order valence-corrected chi connectivity index (χ2v) is 4.32. The van der Waals surface area contributed by atoms with Gasteiger partial charge >= 0.3 is 0 Å². The summed E-state index contributed by atoms with van der Waals surface area (Å²) >= 11 is 1.63. The fourth-order valence-electron chi connectivity index (χ4n) is 1.65. The molecule has 0 saturated carbocycles. The molecule has 2 heterocycles. The Balaban J connectivity index is 2.11. The highest BCUT2D eigenvalue weighted by Gasteiger charge is 2.05. The molecule has 0 N–H and O–H groups in total. The third-order valence-corrected chi connectivity index (χ3v) is 3.23. The largest absolute Gasteiger partial charge is 0.497 e. The number of imidazole rings is 1. The van der Waals surface area contributed by atoms with E-state index in [-0.39, 0.29) is 0 Å². The number of hydrogen-bond acceptors (Lipinski definition) is 3. The minimum atomic E-state index is 0.855. The molecule has 0 fully saturated rings. The highest BCUT2D eigenvalue weighted by atomic mass is 32.1. The average Bonchev–Trinajstić information content (AvgIpc) is 2.89. The Labute approximate surface area is 96.9 Å². The van der Waals surface area contributed by atoms with Crippen LogP contribution in [0.3, 0.4) is 0 Å². The van der Waals surface area contributed by atoms with E-state index in [0.29, 0.717) is 0 Å². The van der Waals surface area contributed by atoms with Crippen molar-refractivity contribution in [1.82, 2.24) is 9.38 Å². The van der Waals surface area contributed by atoms with Crippen LogP contribution in [-0.2, 0) is 0 Å². The molecule has 0 amide bonds. The van der Waals surface area contributed by atoms with E-state index in [1.54, 1.807) is 18.4 Å². The minimum Gasteiger partial charge on any atom is -0.497 e. The second-order valence-electron chi connectivity index (χ2n) is 3.45. The van der Waals surface area contributed by atoms with Gasteiger partial charge in [-0.25, -0.2) is 4.98 Å². The molecule has 0 radical (unpaired) electrons. The summed E-state index contributed by atoms with van der Waals surface area (Å²) in [5.41, 5.74) is 2.06. The van der Waals surface area contributed by atoms with E-state index in [1.165, 1.54) is 0 Å². The van der Waals surface area contributed by atoms with Crippen LogP contribution in [0.2, 0.25) is 0 Å². The number of hydrogen-bond donors (Lipinski definition) is 0. The zero-order valence-electron chi connectivity index (χ0n) is 8.75. The fraction of sp³-hybridized carbons (Fsp3) is 0.0833. The standard InChI is InChI=1S/C12H10N2OS/c1-15-10-4-2-3-9(7-10)11-8-14-5-6-16-12(14)13-11/h2-8H,1H3. The van der Waals surface area contributed by atoms with Crippen molar-refractivity contribution in [3.05, 3.63) is 42.0 Å². The summed E-state index contributed by atoms with van der Waals surface area (Å²) in [5.74, 6) is 0.855. The van der Waals surface area contributed by atoms with Gasteiger partial charge in [0, 0.05) is 23.3 Å². The van der Waals surface area contributed by atoms with Crippen molar-refractivity contribution in [2.24, 2.45) is 0 Å². The number of nitrogens with zero attached hydrogens (tertiary/aromatic N) is 2. The monoisotopic (exact) mass is 230 g/mol. The predicted molar refractivity (Wildman–Crippen MR) is 65.1 cm³/mol. The zero-order chi connectivity index (χ0) is 11.0. The summed E-state index contributed by atoms with van der Waals surface area (Å²) in [6, 6.07) is 7.94. The Bertz CT molecular complexity index is 598. The van der Waals surface area contributed by atoms with Gasteiger partial charge in [-0.05, 0) is 12.1 Å². The fourth-order valence-corrected chi connectivity index (χ4v) is 2.35. The quantitative estimate of drug-likeness (QED) is 0.676. The van der Waals surface area contributed by atoms with Crippen LogP contribution in [0.5, 0.6) is 5.75 Å². The van der Waals surface area contributed by atoms with Crippen LogP contribution in [-0.4, -0.2) is 16.5 Å². The highest BCUT2D eigenvalue weighted by Crippen LogP contribution is 2.24. The first-order valence-electron chi connectivity index (χ1n) is 4.93. The molecule has 3 aromatic rings. The van der Waals surface area contributed by atoms with Crippen LogP contribution in [0.1, 0.15) is 0 Å². The molecule has 2 aromatic heterocycles. The normalized spacial score (nSPS) is 10.8. The van der Waals surface area contributed by atoms with Crippen LogP contribution < -0.4 is 4.74 Å². The van der Waals surface area contributed by atoms with E-state index in [0.717, 1.165) is 22.0 Å². The first-order valence-corrected chi connectivity index (χ1v) is 5.81. The molecule has 0 bridgehead atoms. The third-order valence-electron chi connectivity index (χ3n) is 2.46. The third kappa shape index (κ3) is 1.47. The Morgan fingerprint density at radius 1 is 1.38 bits per heavy atom. The van der Waals surface area contributed by atoms with E-state index in [1.807, 2.05) is 46.4 Å². The second kappa shape index (κ2) is 3.64. The lowest BCUT2D eigenvalue weighted by atomic mass is 10.1. The van der Waals surface area contributed by atoms with Gasteiger partial charge in [0.1, 0.15) is 5.75 Å². The van der Waals surface area contributed by atoms with Crippen LogP contribution in [0, 0.1) is 0 Å². The molecule has 0 aliphatic heterocycles. The molecule has 4 heteroatoms. The van der Waals surface area contributed by atoms with E-state index >= 15 is 0 Å². The number of rotatable bonds is 2. The van der Waals surface area contributed by atoms with E-state index in [9.17, 15) is 0 Å². The highest BCUT2D eigenvalue weighted by molar-refractivity contribution is 7.15. The van der Waals surface area contributed by atoms with Crippen LogP contribution in [0.15, 0.2) is 42.0 Å². The van der Waals surface area contributed by atoms with E-state index in [2.05, 4.69) is 4.98 Å². The number of fused-ring (bicyclic) bond motifs is 1. The van der Waals surface area contributed by atoms with Crippen molar-refractivity contribution in [3.8, 4) is 17.0 Å². The van der Waals surface area contributed by atoms with Gasteiger partial charge in [-0.2, -0.15) is 0 Å². The maximum atomic E-state index is 5.20. The number of benzene rings is 1. The molecule has 0 aliphatic carbocycles. The maximum absolute atomic E-state index is 5.20. The zero-order valence-corrected chi connectivity index (χ0v) is 9.57. The van der Waals surface area contributed by atoms with Crippen molar-refractivity contribution in [3.63, 3.8) is 0 Å². The first-order chi connectivity index (χ1) is 7.86. The van der Waals surface area contributed by atoms with Gasteiger partial charge in [-0.15, -0.1) is 11.3 Å². The SMILES string of the molecule is COc1cccc(-c2cn3ccsc3n2)c1. The molecule has 1 aromatic carbocycles. The van der Waals surface area contributed by atoms with Crippen molar-refractivity contribution in [2.75, 3.05) is 7.11 Å². The lowest BCUT2D eigenvalue weighted by Gasteiger charge is -2.00. The van der Waals surface area contributed by atoms with Crippen molar-refractivity contribution in [2.45, 2.75) is 0 Å². The summed E-state index contributed by atoms with van der Waals surface area (Å²) in [7, 11) is 1.67. The summed E-state index contributed by atoms with van der Waals surface area (Å²) in [6.45, 7) is 0. The average molecular weight is 230 g/mol. The molecule has 0 atom stereocenters. The van der Waals surface area contributed by atoms with Gasteiger partial charge < -0.3 is 4.74 Å². The number of ether oxygens (including phenoxy) is 1. The molecule has 3 nitrogen and oxygen atoms in total. The van der Waals surface area contributed by atoms with Crippen LogP contribution in [0.4, 0.5) is 0 Å². The lowest BCUT2D eigenvalue weighted by molar-refractivity contribution is 0.415. The Kier molecular flexibility index (Phi) is 2.15. The van der Waals surface area contributed by atoms with Gasteiger partial charge in [0.25, 0.3) is 0 Å². The van der Waals surface area contributed by atoms with Crippen LogP contribution >= 0.6 is 11.3 Å². The van der Waals surface area contributed by atoms with E-state index < -0.39 is 0 Å². The Morgan fingerprint density at radius 2 is 2.31 bits per heavy atom. The Morgan fingerprint density at radius 3 is 3.12 bits per heavy atom. The minimum absolute atomic E-state index is 0.855. The van der Waals surface area contributed by atoms with Crippen molar-refractivity contribution >= 4 is 16.3 Å². The van der Waals surface area contributed by atoms with Crippen molar-refractivity contribution < 1.29 is 4.74 Å². The molecule has 0 unspecified atom stereocenters. The summed E-state index contributed by atoms with van der Waals surface area (Å²) in [6.07, 6.45) is 4.04. The predicted octanol–water partition coefficient (Wildman–Crippen LogP) is 3.07. The number of methoxy groups -OCH3 is 1. The smallest absolute Gasteiger partial charge is 0.194 e. The van der Waals surface area contributed by atoms with Crippen LogP contribution in [0.25, 0.3) is 16.2 Å². The van der Waals surface area contributed by atoms with Crippen molar-refractivity contribution in [1.29, 1.82) is 0 Å². The molecule has 3 rings (SSSR count). The first kappa shape index (κ1) is 9.42. The summed E-state index contributed by atoms with van der Waals surface area (Å²) < 4.78 is 7.23. The Hall–Kier alpha value is -1.81. The summed E-state index contributed by atoms with van der Waals surface area (Å²) in [5, 5.41) is 2.03. The lowest BCUT2D eigenvalue weighted by Crippen LogP contribution is -1.83. The van der Waals surface area contributed by atoms with Gasteiger partial charge in [0.2, 0.25) is 0 Å². The molecular weight excluding hydrogens is 220 g/mol. The van der Waals surface area contributed by atoms with Gasteiger partial charge in [-0.3, -0.25) is 4.40 Å². The topological polar surface area (TPSA) is 26.5 Å². The maximum Gasteiger partial charge on any atom is 0.194 e. The summed E-state index contributed by atoms with van der Waals surface area (Å²) in [4.78, 5) is 5.56. The van der Waals surface area contributed by atoms with Gasteiger partial charge in [0.15, 0.2) is 4.96 Å². The number of aromatic nitrogens is 2. The number of thiazole rings is 1. The van der Waals surface area contributed by atoms with Gasteiger partial charge in [0.05, 0.1) is 12.8 Å². The van der Waals surface area contributed by atoms with E-state index in [4.69, 9.17) is 4.74 Å². The molecule has 0 aliphatic rings. The molecule has 16 heavy (non-hydrogen) atoms. The molecular formula is C12H10N2OS. The molecule has 0 spiro atoms. The molecule has 0 saturated heterocycles. The van der Waals surface area contributed by atoms with Gasteiger partial charge in [-0.1, -0.05) is 12.1 Å².